The van der Waals surface area contributed by atoms with Gasteiger partial charge in [0.1, 0.15) is 5.01 Å². The van der Waals surface area contributed by atoms with Crippen LogP contribution < -0.4 is 0 Å². The van der Waals surface area contributed by atoms with Crippen LogP contribution in [0.15, 0.2) is 28.7 Å². The summed E-state index contributed by atoms with van der Waals surface area (Å²) in [5, 5.41) is 13.4. The van der Waals surface area contributed by atoms with Crippen molar-refractivity contribution in [2.75, 3.05) is 0 Å². The van der Waals surface area contributed by atoms with E-state index in [1.807, 2.05) is 31.2 Å². The lowest BCUT2D eigenvalue weighted by molar-refractivity contribution is 0.898. The number of halogens is 1. The van der Waals surface area contributed by atoms with Gasteiger partial charge in [-0.3, -0.25) is 0 Å². The van der Waals surface area contributed by atoms with Crippen molar-refractivity contribution in [3.8, 4) is 10.6 Å². The van der Waals surface area contributed by atoms with E-state index in [0.29, 0.717) is 0 Å². The summed E-state index contributed by atoms with van der Waals surface area (Å²) in [6.45, 7) is 1.89. The SMILES string of the molecule is Cc1nnc2sc(-c3ccc(Br)cc3)nn12. The molecule has 0 saturated carbocycles. The van der Waals surface area contributed by atoms with Gasteiger partial charge in [-0.25, -0.2) is 0 Å². The van der Waals surface area contributed by atoms with Gasteiger partial charge in [0.2, 0.25) is 4.96 Å². The summed E-state index contributed by atoms with van der Waals surface area (Å²) in [5.41, 5.74) is 1.10. The fourth-order valence-corrected chi connectivity index (χ4v) is 2.58. The Labute approximate surface area is 104 Å². The number of hydrogen-bond acceptors (Lipinski definition) is 4. The number of nitrogens with zero attached hydrogens (tertiary/aromatic N) is 4. The van der Waals surface area contributed by atoms with Gasteiger partial charge in [-0.15, -0.1) is 10.2 Å². The average Bonchev–Trinajstić information content (AvgIpc) is 2.83. The highest BCUT2D eigenvalue weighted by Gasteiger charge is 2.09. The van der Waals surface area contributed by atoms with Gasteiger partial charge in [0.05, 0.1) is 0 Å². The molecule has 2 heterocycles. The zero-order valence-corrected chi connectivity index (χ0v) is 10.8. The first kappa shape index (κ1) is 9.92. The Morgan fingerprint density at radius 2 is 1.94 bits per heavy atom. The van der Waals surface area contributed by atoms with Crippen molar-refractivity contribution in [2.45, 2.75) is 6.92 Å². The number of aryl methyl sites for hydroxylation is 1. The molecule has 6 heteroatoms. The fraction of sp³-hybridized carbons (Fsp3) is 0.100. The predicted octanol–water partition coefficient (Wildman–Crippen LogP) is 2.92. The van der Waals surface area contributed by atoms with E-state index in [4.69, 9.17) is 0 Å². The molecule has 0 saturated heterocycles. The lowest BCUT2D eigenvalue weighted by Crippen LogP contribution is -1.88. The molecule has 0 amide bonds. The molecule has 0 bridgehead atoms. The smallest absolute Gasteiger partial charge is 0.187 e. The molecule has 0 aliphatic heterocycles. The van der Waals surface area contributed by atoms with Crippen molar-refractivity contribution in [1.82, 2.24) is 19.8 Å². The summed E-state index contributed by atoms with van der Waals surface area (Å²) in [6, 6.07) is 8.07. The zero-order valence-electron chi connectivity index (χ0n) is 8.38. The molecule has 0 atom stereocenters. The quantitative estimate of drug-likeness (QED) is 0.693. The van der Waals surface area contributed by atoms with Gasteiger partial charge in [-0.1, -0.05) is 39.4 Å². The van der Waals surface area contributed by atoms with Crippen LogP contribution in [0.25, 0.3) is 15.5 Å². The minimum Gasteiger partial charge on any atom is -0.187 e. The van der Waals surface area contributed by atoms with Crippen LogP contribution in [0.2, 0.25) is 0 Å². The third kappa shape index (κ3) is 1.54. The van der Waals surface area contributed by atoms with Gasteiger partial charge >= 0.3 is 0 Å². The molecule has 1 aromatic carbocycles. The molecule has 0 spiro atoms. The van der Waals surface area contributed by atoms with Gasteiger partial charge in [0, 0.05) is 10.0 Å². The lowest BCUT2D eigenvalue weighted by Gasteiger charge is -1.94. The molecular weight excluding hydrogens is 288 g/mol. The minimum atomic E-state index is 0.814. The van der Waals surface area contributed by atoms with Gasteiger partial charge in [-0.05, 0) is 19.1 Å². The maximum absolute atomic E-state index is 4.47. The topological polar surface area (TPSA) is 43.1 Å². The fourth-order valence-electron chi connectivity index (χ4n) is 1.42. The Kier molecular flexibility index (Phi) is 2.26. The molecule has 0 aliphatic rings. The van der Waals surface area contributed by atoms with Gasteiger partial charge < -0.3 is 0 Å². The molecule has 0 N–H and O–H groups in total. The Morgan fingerprint density at radius 1 is 1.19 bits per heavy atom. The predicted molar refractivity (Wildman–Crippen MR) is 66.5 cm³/mol. The zero-order chi connectivity index (χ0) is 11.1. The van der Waals surface area contributed by atoms with Crippen LogP contribution in [0.5, 0.6) is 0 Å². The van der Waals surface area contributed by atoms with Crippen LogP contribution in [0.1, 0.15) is 5.82 Å². The van der Waals surface area contributed by atoms with E-state index < -0.39 is 0 Å². The largest absolute Gasteiger partial charge is 0.234 e. The second kappa shape index (κ2) is 3.64. The maximum atomic E-state index is 4.47. The molecule has 16 heavy (non-hydrogen) atoms. The maximum Gasteiger partial charge on any atom is 0.234 e. The molecule has 2 aromatic heterocycles. The molecule has 80 valence electrons. The van der Waals surface area contributed by atoms with Crippen LogP contribution in [0, 0.1) is 6.92 Å². The lowest BCUT2D eigenvalue weighted by atomic mass is 10.2. The van der Waals surface area contributed by atoms with E-state index in [1.165, 1.54) is 11.3 Å². The second-order valence-electron chi connectivity index (χ2n) is 3.36. The highest BCUT2D eigenvalue weighted by atomic mass is 79.9. The van der Waals surface area contributed by atoms with E-state index in [9.17, 15) is 0 Å². The van der Waals surface area contributed by atoms with Crippen molar-refractivity contribution in [2.24, 2.45) is 0 Å². The van der Waals surface area contributed by atoms with Crippen LogP contribution in [0.3, 0.4) is 0 Å². The number of rotatable bonds is 1. The molecule has 3 rings (SSSR count). The third-order valence-corrected chi connectivity index (χ3v) is 3.71. The van der Waals surface area contributed by atoms with E-state index >= 15 is 0 Å². The molecule has 3 aromatic rings. The molecule has 0 aliphatic carbocycles. The van der Waals surface area contributed by atoms with E-state index in [0.717, 1.165) is 25.8 Å². The normalized spacial score (nSPS) is 11.1. The Morgan fingerprint density at radius 3 is 2.62 bits per heavy atom. The van der Waals surface area contributed by atoms with Crippen molar-refractivity contribution in [3.05, 3.63) is 34.6 Å². The van der Waals surface area contributed by atoms with Crippen LogP contribution >= 0.6 is 27.3 Å². The van der Waals surface area contributed by atoms with Gasteiger partial charge in [0.15, 0.2) is 5.82 Å². The van der Waals surface area contributed by atoms with Crippen LogP contribution in [0.4, 0.5) is 0 Å². The first-order valence-electron chi connectivity index (χ1n) is 4.69. The summed E-state index contributed by atoms with van der Waals surface area (Å²) >= 11 is 4.95. The number of hydrogen-bond donors (Lipinski definition) is 0. The van der Waals surface area contributed by atoms with E-state index in [1.54, 1.807) is 4.52 Å². The highest BCUT2D eigenvalue weighted by molar-refractivity contribution is 9.10. The van der Waals surface area contributed by atoms with Crippen LogP contribution in [-0.2, 0) is 0 Å². The standard InChI is InChI=1S/C10H7BrN4S/c1-6-12-13-10-15(6)14-9(16-10)7-2-4-8(11)5-3-7/h2-5H,1H3. The molecule has 0 fully saturated rings. The van der Waals surface area contributed by atoms with Crippen molar-refractivity contribution < 1.29 is 0 Å². The van der Waals surface area contributed by atoms with Crippen molar-refractivity contribution >= 4 is 32.2 Å². The van der Waals surface area contributed by atoms with E-state index in [-0.39, 0.29) is 0 Å². The summed E-state index contributed by atoms with van der Waals surface area (Å²) in [5.74, 6) is 0.814. The molecule has 0 unspecified atom stereocenters. The molecule has 0 radical (unpaired) electrons. The summed E-state index contributed by atoms with van der Waals surface area (Å²) in [6.07, 6.45) is 0. The third-order valence-electron chi connectivity index (χ3n) is 2.24. The molecular formula is C10H7BrN4S. The van der Waals surface area contributed by atoms with Gasteiger partial charge in [0.25, 0.3) is 0 Å². The average molecular weight is 295 g/mol. The van der Waals surface area contributed by atoms with Crippen molar-refractivity contribution in [3.63, 3.8) is 0 Å². The summed E-state index contributed by atoms with van der Waals surface area (Å²) in [4.78, 5) is 0.829. The number of fused-ring (bicyclic) bond motifs is 1. The monoisotopic (exact) mass is 294 g/mol. The Bertz CT molecular complexity index is 640. The highest BCUT2D eigenvalue weighted by Crippen LogP contribution is 2.26. The van der Waals surface area contributed by atoms with Crippen LogP contribution in [-0.4, -0.2) is 19.8 Å². The number of aromatic nitrogens is 4. The van der Waals surface area contributed by atoms with Gasteiger partial charge in [-0.2, -0.15) is 9.61 Å². The minimum absolute atomic E-state index is 0.814. The van der Waals surface area contributed by atoms with E-state index in [2.05, 4.69) is 31.2 Å². The second-order valence-corrected chi connectivity index (χ2v) is 5.23. The Balaban J connectivity index is 2.15. The first-order valence-corrected chi connectivity index (χ1v) is 6.30. The molecule has 4 nitrogen and oxygen atoms in total. The summed E-state index contributed by atoms with van der Waals surface area (Å²) < 4.78 is 2.83. The summed E-state index contributed by atoms with van der Waals surface area (Å²) in [7, 11) is 0. The van der Waals surface area contributed by atoms with Crippen molar-refractivity contribution in [1.29, 1.82) is 0 Å². The Hall–Kier alpha value is -1.27. The number of benzene rings is 1. The first-order chi connectivity index (χ1) is 7.74.